The molecule has 2 rings (SSSR count). The van der Waals surface area contributed by atoms with Crippen LogP contribution in [0.2, 0.25) is 0 Å². The minimum atomic E-state index is -3.46. The maximum atomic E-state index is 12.0. The molecule has 0 aromatic heterocycles. The predicted molar refractivity (Wildman–Crippen MR) is 83.3 cm³/mol. The van der Waals surface area contributed by atoms with Crippen LogP contribution in [0.15, 0.2) is 42.5 Å². The lowest BCUT2D eigenvalue weighted by Gasteiger charge is -2.06. The molecule has 0 aliphatic rings. The van der Waals surface area contributed by atoms with E-state index in [9.17, 15) is 12.6 Å². The molecular formula is C14H17NO3S2. The van der Waals surface area contributed by atoms with Crippen LogP contribution in [0.4, 0.5) is 0 Å². The lowest BCUT2D eigenvalue weighted by atomic mass is 10.1. The third-order valence-corrected chi connectivity index (χ3v) is 5.23. The molecule has 0 aliphatic heterocycles. The number of hydrogen-bond donors (Lipinski definition) is 1. The minimum absolute atomic E-state index is 0.117. The molecule has 1 atom stereocenters. The van der Waals surface area contributed by atoms with Crippen LogP contribution in [0.3, 0.4) is 0 Å². The molecule has 0 fully saturated rings. The molecule has 0 bridgehead atoms. The summed E-state index contributed by atoms with van der Waals surface area (Å²) in [6.45, 7) is 0. The second kappa shape index (κ2) is 6.47. The maximum absolute atomic E-state index is 12.0. The first-order valence-corrected chi connectivity index (χ1v) is 9.48. The van der Waals surface area contributed by atoms with Crippen molar-refractivity contribution in [3.8, 4) is 0 Å². The number of benzene rings is 2. The van der Waals surface area contributed by atoms with Crippen molar-refractivity contribution in [3.63, 3.8) is 0 Å². The number of fused-ring (bicyclic) bond motifs is 1. The van der Waals surface area contributed by atoms with Crippen molar-refractivity contribution < 1.29 is 12.6 Å². The van der Waals surface area contributed by atoms with Crippen LogP contribution in [0.25, 0.3) is 10.8 Å². The van der Waals surface area contributed by atoms with E-state index in [0.29, 0.717) is 17.9 Å². The van der Waals surface area contributed by atoms with Gasteiger partial charge in [0.2, 0.25) is 10.0 Å². The Hall–Kier alpha value is -1.24. The van der Waals surface area contributed by atoms with E-state index in [1.807, 2.05) is 42.5 Å². The molecule has 0 aliphatic carbocycles. The van der Waals surface area contributed by atoms with E-state index in [1.165, 1.54) is 0 Å². The summed E-state index contributed by atoms with van der Waals surface area (Å²) < 4.78 is 33.7. The number of primary sulfonamides is 1. The van der Waals surface area contributed by atoms with Crippen molar-refractivity contribution in [1.82, 2.24) is 0 Å². The monoisotopic (exact) mass is 311 g/mol. The lowest BCUT2D eigenvalue weighted by Crippen LogP contribution is -2.18. The zero-order chi connectivity index (χ0) is 14.6. The molecule has 0 radical (unpaired) electrons. The van der Waals surface area contributed by atoms with Crippen LogP contribution in [0, 0.1) is 0 Å². The summed E-state index contributed by atoms with van der Waals surface area (Å²) >= 11 is 0. The Kier molecular flexibility index (Phi) is 4.91. The van der Waals surface area contributed by atoms with Gasteiger partial charge >= 0.3 is 0 Å². The average molecular weight is 311 g/mol. The quantitative estimate of drug-likeness (QED) is 0.883. The largest absolute Gasteiger partial charge is 0.259 e. The van der Waals surface area contributed by atoms with Crippen LogP contribution in [-0.4, -0.2) is 24.1 Å². The van der Waals surface area contributed by atoms with Gasteiger partial charge in [-0.3, -0.25) is 4.21 Å². The fourth-order valence-electron chi connectivity index (χ4n) is 2.09. The van der Waals surface area contributed by atoms with Crippen LogP contribution >= 0.6 is 0 Å². The Morgan fingerprint density at radius 3 is 2.50 bits per heavy atom. The Bertz CT molecular complexity index is 721. The number of hydrogen-bond acceptors (Lipinski definition) is 3. The molecule has 0 amide bonds. The number of nitrogens with two attached hydrogens (primary N) is 1. The SMILES string of the molecule is NS(=O)(=O)CCCS(=O)Cc1cccc2ccccc12. The molecule has 2 aromatic rings. The van der Waals surface area contributed by atoms with E-state index in [-0.39, 0.29) is 5.75 Å². The highest BCUT2D eigenvalue weighted by Crippen LogP contribution is 2.19. The van der Waals surface area contributed by atoms with E-state index in [4.69, 9.17) is 5.14 Å². The van der Waals surface area contributed by atoms with Gasteiger partial charge in [0, 0.05) is 22.3 Å². The molecule has 108 valence electrons. The summed E-state index contributed by atoms with van der Waals surface area (Å²) in [4.78, 5) is 0. The molecule has 2 aromatic carbocycles. The van der Waals surface area contributed by atoms with Gasteiger partial charge in [-0.05, 0) is 22.8 Å². The number of sulfonamides is 1. The van der Waals surface area contributed by atoms with Gasteiger partial charge in [0.05, 0.1) is 5.75 Å². The standard InChI is InChI=1S/C14H17NO3S2/c15-20(17,18)10-4-9-19(16)11-13-7-3-6-12-5-1-2-8-14(12)13/h1-3,5-8H,4,9-11H2,(H2,15,17,18). The molecule has 0 heterocycles. The summed E-state index contributed by atoms with van der Waals surface area (Å²) in [5.74, 6) is 0.667. The highest BCUT2D eigenvalue weighted by atomic mass is 32.2. The fraction of sp³-hybridized carbons (Fsp3) is 0.286. The Balaban J connectivity index is 2.03. The topological polar surface area (TPSA) is 77.2 Å². The first-order chi connectivity index (χ1) is 9.46. The third-order valence-electron chi connectivity index (χ3n) is 3.00. The Labute approximate surface area is 121 Å². The van der Waals surface area contributed by atoms with Gasteiger partial charge in [-0.2, -0.15) is 0 Å². The van der Waals surface area contributed by atoms with Gasteiger partial charge in [-0.15, -0.1) is 0 Å². The molecule has 2 N–H and O–H groups in total. The molecule has 20 heavy (non-hydrogen) atoms. The van der Waals surface area contributed by atoms with Crippen LogP contribution in [0.1, 0.15) is 12.0 Å². The maximum Gasteiger partial charge on any atom is 0.209 e. The molecule has 6 heteroatoms. The average Bonchev–Trinajstić information content (AvgIpc) is 2.37. The van der Waals surface area contributed by atoms with Gasteiger partial charge in [0.25, 0.3) is 0 Å². The first-order valence-electron chi connectivity index (χ1n) is 6.28. The van der Waals surface area contributed by atoms with E-state index in [2.05, 4.69) is 0 Å². The molecule has 0 saturated carbocycles. The molecule has 4 nitrogen and oxygen atoms in total. The summed E-state index contributed by atoms with van der Waals surface area (Å²) in [5, 5.41) is 7.13. The van der Waals surface area contributed by atoms with Crippen molar-refractivity contribution in [2.75, 3.05) is 11.5 Å². The van der Waals surface area contributed by atoms with Gasteiger partial charge in [0.1, 0.15) is 0 Å². The third kappa shape index (κ3) is 4.40. The lowest BCUT2D eigenvalue weighted by molar-refractivity contribution is 0.596. The molecule has 0 saturated heterocycles. The summed E-state index contributed by atoms with van der Waals surface area (Å²) in [6.07, 6.45) is 0.330. The Morgan fingerprint density at radius 2 is 1.75 bits per heavy atom. The second-order valence-electron chi connectivity index (χ2n) is 4.65. The van der Waals surface area contributed by atoms with E-state index in [0.717, 1.165) is 16.3 Å². The highest BCUT2D eigenvalue weighted by molar-refractivity contribution is 7.89. The van der Waals surface area contributed by atoms with Gasteiger partial charge < -0.3 is 0 Å². The van der Waals surface area contributed by atoms with Crippen LogP contribution in [-0.2, 0) is 26.6 Å². The fourth-order valence-corrected chi connectivity index (χ4v) is 4.02. The van der Waals surface area contributed by atoms with Gasteiger partial charge in [-0.1, -0.05) is 42.5 Å². The zero-order valence-electron chi connectivity index (χ0n) is 11.0. The van der Waals surface area contributed by atoms with Gasteiger partial charge in [-0.25, -0.2) is 13.6 Å². The first kappa shape index (κ1) is 15.2. The van der Waals surface area contributed by atoms with Crippen LogP contribution in [0.5, 0.6) is 0 Å². The van der Waals surface area contributed by atoms with Crippen molar-refractivity contribution in [2.45, 2.75) is 12.2 Å². The highest BCUT2D eigenvalue weighted by Gasteiger charge is 2.08. The summed E-state index contributed by atoms with van der Waals surface area (Å²) in [6, 6.07) is 13.9. The smallest absolute Gasteiger partial charge is 0.209 e. The van der Waals surface area contributed by atoms with Gasteiger partial charge in [0.15, 0.2) is 0 Å². The van der Waals surface area contributed by atoms with E-state index < -0.39 is 20.8 Å². The Morgan fingerprint density at radius 1 is 1.05 bits per heavy atom. The van der Waals surface area contributed by atoms with E-state index in [1.54, 1.807) is 0 Å². The molecule has 1 unspecified atom stereocenters. The molecule has 0 spiro atoms. The second-order valence-corrected chi connectivity index (χ2v) is 7.96. The van der Waals surface area contributed by atoms with Crippen molar-refractivity contribution in [2.24, 2.45) is 5.14 Å². The number of rotatable bonds is 6. The summed E-state index contributed by atoms with van der Waals surface area (Å²) in [5.41, 5.74) is 1.03. The minimum Gasteiger partial charge on any atom is -0.259 e. The van der Waals surface area contributed by atoms with Crippen molar-refractivity contribution >= 4 is 31.6 Å². The van der Waals surface area contributed by atoms with Crippen molar-refractivity contribution in [3.05, 3.63) is 48.0 Å². The predicted octanol–water partition coefficient (Wildman–Crippen LogP) is 1.77. The van der Waals surface area contributed by atoms with E-state index >= 15 is 0 Å². The summed E-state index contributed by atoms with van der Waals surface area (Å²) in [7, 11) is -4.54. The normalized spacial score (nSPS) is 13.4. The van der Waals surface area contributed by atoms with Crippen molar-refractivity contribution in [1.29, 1.82) is 0 Å². The molecular weight excluding hydrogens is 294 g/mol. The van der Waals surface area contributed by atoms with Crippen LogP contribution < -0.4 is 5.14 Å². The zero-order valence-corrected chi connectivity index (χ0v) is 12.6.